The number of hydrogen-bond acceptors (Lipinski definition) is 3. The standard InChI is InChI=1S/C5H4N3S/c1-4-7-8-3-2-6-5(8)9-4/h3H,1H3. The second-order valence-corrected chi connectivity index (χ2v) is 2.88. The van der Waals surface area contributed by atoms with Gasteiger partial charge < -0.3 is 0 Å². The summed E-state index contributed by atoms with van der Waals surface area (Å²) >= 11 is 1.57. The van der Waals surface area contributed by atoms with Crippen LogP contribution in [0.4, 0.5) is 0 Å². The van der Waals surface area contributed by atoms with Crippen molar-refractivity contribution in [1.82, 2.24) is 14.6 Å². The highest BCUT2D eigenvalue weighted by Crippen LogP contribution is 2.09. The molecule has 0 aliphatic carbocycles. The molecule has 0 aliphatic heterocycles. The number of nitrogens with zero attached hydrogens (tertiary/aromatic N) is 3. The normalized spacial score (nSPS) is 10.8. The fraction of sp³-hybridized carbons (Fsp3) is 0.200. The predicted molar refractivity (Wildman–Crippen MR) is 34.4 cm³/mol. The molecule has 0 spiro atoms. The lowest BCUT2D eigenvalue weighted by Gasteiger charge is -1.71. The SMILES string of the molecule is Cc1nn2c[c]nc2s1. The zero-order valence-electron chi connectivity index (χ0n) is 4.83. The Kier molecular flexibility index (Phi) is 0.843. The van der Waals surface area contributed by atoms with Crippen molar-refractivity contribution in [1.29, 1.82) is 0 Å². The van der Waals surface area contributed by atoms with E-state index in [1.807, 2.05) is 6.92 Å². The average Bonchev–Trinajstić information content (AvgIpc) is 2.22. The lowest BCUT2D eigenvalue weighted by molar-refractivity contribution is 0.946. The van der Waals surface area contributed by atoms with E-state index in [4.69, 9.17) is 0 Å². The van der Waals surface area contributed by atoms with E-state index in [0.29, 0.717) is 0 Å². The summed E-state index contributed by atoms with van der Waals surface area (Å²) in [5.74, 6) is 0. The minimum Gasteiger partial charge on any atom is -0.216 e. The van der Waals surface area contributed by atoms with Crippen LogP contribution < -0.4 is 0 Å². The van der Waals surface area contributed by atoms with E-state index in [-0.39, 0.29) is 0 Å². The molecule has 0 aromatic carbocycles. The van der Waals surface area contributed by atoms with Gasteiger partial charge in [-0.15, -0.1) is 0 Å². The molecule has 1 radical (unpaired) electrons. The van der Waals surface area contributed by atoms with Crippen LogP contribution in [-0.4, -0.2) is 14.6 Å². The van der Waals surface area contributed by atoms with E-state index < -0.39 is 0 Å². The maximum Gasteiger partial charge on any atom is 0.212 e. The Hall–Kier alpha value is -0.900. The summed E-state index contributed by atoms with van der Waals surface area (Å²) in [6.07, 6.45) is 4.43. The largest absolute Gasteiger partial charge is 0.216 e. The molecule has 45 valence electrons. The number of aryl methyl sites for hydroxylation is 1. The topological polar surface area (TPSA) is 30.2 Å². The van der Waals surface area contributed by atoms with Gasteiger partial charge in [-0.3, -0.25) is 0 Å². The molecular formula is C5H4N3S. The molecule has 0 atom stereocenters. The van der Waals surface area contributed by atoms with Crippen LogP contribution in [0, 0.1) is 13.1 Å². The van der Waals surface area contributed by atoms with Crippen molar-refractivity contribution in [3.63, 3.8) is 0 Å². The Morgan fingerprint density at radius 3 is 3.44 bits per heavy atom. The second-order valence-electron chi connectivity index (χ2n) is 1.72. The van der Waals surface area contributed by atoms with Gasteiger partial charge in [0.25, 0.3) is 0 Å². The van der Waals surface area contributed by atoms with Gasteiger partial charge in [-0.05, 0) is 6.92 Å². The van der Waals surface area contributed by atoms with Crippen LogP contribution >= 0.6 is 11.3 Å². The summed E-state index contributed by atoms with van der Waals surface area (Å²) in [5.41, 5.74) is 0. The van der Waals surface area contributed by atoms with Crippen LogP contribution in [0.5, 0.6) is 0 Å². The monoisotopic (exact) mass is 138 g/mol. The third kappa shape index (κ3) is 0.632. The van der Waals surface area contributed by atoms with Gasteiger partial charge in [0.1, 0.15) is 11.2 Å². The summed E-state index contributed by atoms with van der Waals surface area (Å²) in [5, 5.41) is 5.15. The van der Waals surface area contributed by atoms with Gasteiger partial charge >= 0.3 is 0 Å². The van der Waals surface area contributed by atoms with Crippen molar-refractivity contribution >= 4 is 16.3 Å². The minimum absolute atomic E-state index is 0.910. The Bertz CT molecular complexity index is 293. The molecule has 0 fully saturated rings. The highest BCUT2D eigenvalue weighted by molar-refractivity contribution is 7.16. The zero-order valence-corrected chi connectivity index (χ0v) is 5.64. The number of aromatic nitrogens is 3. The Balaban J connectivity index is 2.92. The molecular weight excluding hydrogens is 134 g/mol. The summed E-state index contributed by atoms with van der Waals surface area (Å²) in [6.45, 7) is 1.96. The quantitative estimate of drug-likeness (QED) is 0.541. The number of fused-ring (bicyclic) bond motifs is 1. The molecule has 0 bridgehead atoms. The fourth-order valence-electron chi connectivity index (χ4n) is 0.691. The van der Waals surface area contributed by atoms with Crippen LogP contribution in [0.3, 0.4) is 0 Å². The summed E-state index contributed by atoms with van der Waals surface area (Å²) in [7, 11) is 0. The van der Waals surface area contributed by atoms with E-state index in [1.54, 1.807) is 22.0 Å². The number of rotatable bonds is 0. The van der Waals surface area contributed by atoms with Gasteiger partial charge in [-0.1, -0.05) is 11.3 Å². The lowest BCUT2D eigenvalue weighted by atomic mass is 10.9. The fourth-order valence-corrected chi connectivity index (χ4v) is 1.37. The lowest BCUT2D eigenvalue weighted by Crippen LogP contribution is -1.78. The molecule has 2 rings (SSSR count). The molecule has 0 N–H and O–H groups in total. The summed E-state index contributed by atoms with van der Waals surface area (Å²) in [4.78, 5) is 4.84. The van der Waals surface area contributed by atoms with E-state index in [1.165, 1.54) is 0 Å². The van der Waals surface area contributed by atoms with Crippen molar-refractivity contribution in [2.24, 2.45) is 0 Å². The maximum atomic E-state index is 4.11. The van der Waals surface area contributed by atoms with Gasteiger partial charge in [-0.25, -0.2) is 9.50 Å². The molecule has 0 saturated carbocycles. The molecule has 2 aromatic heterocycles. The Morgan fingerprint density at radius 2 is 2.67 bits per heavy atom. The first kappa shape index (κ1) is 4.93. The number of hydrogen-bond donors (Lipinski definition) is 0. The highest BCUT2D eigenvalue weighted by atomic mass is 32.1. The summed E-state index contributed by atoms with van der Waals surface area (Å²) in [6, 6.07) is 0. The first-order valence-corrected chi connectivity index (χ1v) is 3.37. The molecule has 2 heterocycles. The van der Waals surface area contributed by atoms with Crippen molar-refractivity contribution in [3.8, 4) is 0 Å². The molecule has 3 nitrogen and oxygen atoms in total. The van der Waals surface area contributed by atoms with Crippen molar-refractivity contribution < 1.29 is 0 Å². The molecule has 4 heteroatoms. The number of imidazole rings is 1. The second kappa shape index (κ2) is 1.54. The third-order valence-electron chi connectivity index (χ3n) is 1.02. The van der Waals surface area contributed by atoms with Crippen LogP contribution in [0.1, 0.15) is 5.01 Å². The van der Waals surface area contributed by atoms with E-state index >= 15 is 0 Å². The predicted octanol–water partition coefficient (Wildman–Crippen LogP) is 0.899. The van der Waals surface area contributed by atoms with E-state index in [2.05, 4.69) is 16.3 Å². The van der Waals surface area contributed by atoms with Crippen molar-refractivity contribution in [3.05, 3.63) is 17.4 Å². The van der Waals surface area contributed by atoms with Crippen LogP contribution in [0.15, 0.2) is 6.20 Å². The molecule has 2 aromatic rings. The Morgan fingerprint density at radius 1 is 1.78 bits per heavy atom. The van der Waals surface area contributed by atoms with Crippen molar-refractivity contribution in [2.75, 3.05) is 0 Å². The van der Waals surface area contributed by atoms with Crippen molar-refractivity contribution in [2.45, 2.75) is 6.92 Å². The van der Waals surface area contributed by atoms with Gasteiger partial charge in [0.2, 0.25) is 4.96 Å². The van der Waals surface area contributed by atoms with Crippen LogP contribution in [0.25, 0.3) is 4.96 Å². The molecule has 9 heavy (non-hydrogen) atoms. The van der Waals surface area contributed by atoms with E-state index in [9.17, 15) is 0 Å². The molecule has 0 saturated heterocycles. The molecule has 0 amide bonds. The summed E-state index contributed by atoms with van der Waals surface area (Å²) < 4.78 is 1.72. The van der Waals surface area contributed by atoms with Gasteiger partial charge in [-0.2, -0.15) is 5.10 Å². The average molecular weight is 138 g/mol. The van der Waals surface area contributed by atoms with Gasteiger partial charge in [0.05, 0.1) is 6.20 Å². The minimum atomic E-state index is 0.910. The first-order valence-electron chi connectivity index (χ1n) is 2.55. The highest BCUT2D eigenvalue weighted by Gasteiger charge is 1.97. The zero-order chi connectivity index (χ0) is 6.27. The van der Waals surface area contributed by atoms with Gasteiger partial charge in [0.15, 0.2) is 0 Å². The maximum absolute atomic E-state index is 4.11. The first-order chi connectivity index (χ1) is 4.36. The van der Waals surface area contributed by atoms with Crippen LogP contribution in [-0.2, 0) is 0 Å². The van der Waals surface area contributed by atoms with E-state index in [0.717, 1.165) is 9.97 Å². The van der Waals surface area contributed by atoms with Gasteiger partial charge in [0, 0.05) is 0 Å². The molecule has 0 aliphatic rings. The third-order valence-corrected chi connectivity index (χ3v) is 1.86. The Labute approximate surface area is 56.0 Å². The smallest absolute Gasteiger partial charge is 0.212 e. The molecule has 0 unspecified atom stereocenters. The van der Waals surface area contributed by atoms with Crippen LogP contribution in [0.2, 0.25) is 0 Å².